The fourth-order valence-corrected chi connectivity index (χ4v) is 8.05. The summed E-state index contributed by atoms with van der Waals surface area (Å²) in [5.74, 6) is 14.5. The third-order valence-corrected chi connectivity index (χ3v) is 11.0. The average molecular weight is 775 g/mol. The minimum absolute atomic E-state index is 0.795. The second-order valence-electron chi connectivity index (χ2n) is 15.1. The van der Waals surface area contributed by atoms with Crippen LogP contribution in [0.3, 0.4) is 0 Å². The van der Waals surface area contributed by atoms with Crippen molar-refractivity contribution in [3.05, 3.63) is 168 Å². The second-order valence-corrected chi connectivity index (χ2v) is 15.1. The lowest BCUT2D eigenvalue weighted by atomic mass is 9.95. The van der Waals surface area contributed by atoms with Gasteiger partial charge in [-0.2, -0.15) is 0 Å². The van der Waals surface area contributed by atoms with Gasteiger partial charge in [0.05, 0.1) is 33.9 Å². The van der Waals surface area contributed by atoms with Crippen LogP contribution in [0.1, 0.15) is 75.1 Å². The molecule has 5 heterocycles. The van der Waals surface area contributed by atoms with Crippen molar-refractivity contribution in [2.24, 2.45) is 0 Å². The molecule has 0 radical (unpaired) electrons. The first-order chi connectivity index (χ1) is 29.7. The molecule has 0 unspecified atom stereocenters. The number of allylic oxidation sites excluding steroid dienone is 2. The molecule has 60 heavy (non-hydrogen) atoms. The lowest BCUT2D eigenvalue weighted by molar-refractivity contribution is 0.828. The van der Waals surface area contributed by atoms with E-state index in [0.717, 1.165) is 139 Å². The third-order valence-electron chi connectivity index (χ3n) is 11.0. The highest BCUT2D eigenvalue weighted by atomic mass is 14.8. The van der Waals surface area contributed by atoms with Gasteiger partial charge in [0.2, 0.25) is 0 Å². The number of H-pyrrole nitrogens is 2. The van der Waals surface area contributed by atoms with E-state index in [1.807, 2.05) is 0 Å². The Morgan fingerprint density at radius 1 is 0.400 bits per heavy atom. The summed E-state index contributed by atoms with van der Waals surface area (Å²) in [5.41, 5.74) is 17.1. The zero-order chi connectivity index (χ0) is 40.7. The van der Waals surface area contributed by atoms with Crippen molar-refractivity contribution in [3.63, 3.8) is 0 Å². The summed E-state index contributed by atoms with van der Waals surface area (Å²) >= 11 is 0. The Morgan fingerprint density at radius 2 is 0.733 bits per heavy atom. The van der Waals surface area contributed by atoms with Gasteiger partial charge < -0.3 is 9.97 Å². The van der Waals surface area contributed by atoms with Crippen LogP contribution in [0.25, 0.3) is 89.9 Å². The van der Waals surface area contributed by atoms with E-state index in [9.17, 15) is 0 Å². The largest absolute Gasteiger partial charge is 0.354 e. The molecule has 4 aromatic carbocycles. The number of rotatable bonds is 8. The molecule has 8 bridgehead atoms. The van der Waals surface area contributed by atoms with Crippen LogP contribution >= 0.6 is 0 Å². The van der Waals surface area contributed by atoms with Crippen molar-refractivity contribution in [2.45, 2.75) is 52.4 Å². The summed E-state index contributed by atoms with van der Waals surface area (Å²) in [7, 11) is 0. The quantitative estimate of drug-likeness (QED) is 0.119. The van der Waals surface area contributed by atoms with Crippen LogP contribution in [0.4, 0.5) is 0 Å². The van der Waals surface area contributed by atoms with Crippen LogP contribution in [0.2, 0.25) is 0 Å². The van der Waals surface area contributed by atoms with Gasteiger partial charge in [-0.1, -0.05) is 172 Å². The minimum Gasteiger partial charge on any atom is -0.354 e. The molecule has 2 N–H and O–H groups in total. The van der Waals surface area contributed by atoms with Crippen molar-refractivity contribution in [2.75, 3.05) is 0 Å². The Kier molecular flexibility index (Phi) is 11.2. The van der Waals surface area contributed by atoms with Gasteiger partial charge in [0.1, 0.15) is 0 Å². The van der Waals surface area contributed by atoms with Crippen molar-refractivity contribution >= 4 is 45.4 Å². The zero-order valence-corrected chi connectivity index (χ0v) is 34.1. The fraction of sp³-hybridized carbons (Fsp3) is 0.143. The standard InChI is InChI=1S/C56H46N4/c1-3-5-7-21-31-43-44(32-22-8-6-4-2)56-54(42-29-19-12-20-30-42)50-38-36-48(59-50)52(40-25-15-10-16-26-40)46-34-33-45(57-46)51(39-23-13-9-14-24-39)47-35-37-49(58-47)53(55(43)60-56)41-27-17-11-18-28-41/h9-20,23-30,33-38,58-59H,3-8H2,1-2H3. The number of hydrogen-bond acceptors (Lipinski definition) is 2. The van der Waals surface area contributed by atoms with Gasteiger partial charge in [-0.15, -0.1) is 0 Å². The van der Waals surface area contributed by atoms with Gasteiger partial charge in [-0.05, 0) is 71.5 Å². The maximum atomic E-state index is 5.74. The SMILES string of the molecule is CCCCC#CC1=C(C#CCCCC)c2nc1c(-c1ccccc1)c1ccc([nH]1)c(-c1ccccc1)c1nc(c(-c3ccccc3)c3ccc([nH]3)c2-c2ccccc2)C=C1. The van der Waals surface area contributed by atoms with Gasteiger partial charge in [-0.25, -0.2) is 9.97 Å². The number of unbranched alkanes of at least 4 members (excludes halogenated alkanes) is 4. The predicted molar refractivity (Wildman–Crippen MR) is 253 cm³/mol. The van der Waals surface area contributed by atoms with Crippen molar-refractivity contribution in [3.8, 4) is 68.2 Å². The third kappa shape index (κ3) is 7.65. The van der Waals surface area contributed by atoms with E-state index in [1.54, 1.807) is 0 Å². The van der Waals surface area contributed by atoms with Gasteiger partial charge in [0.15, 0.2) is 0 Å². The number of nitrogens with zero attached hydrogens (tertiary/aromatic N) is 2. The second kappa shape index (κ2) is 17.6. The van der Waals surface area contributed by atoms with Crippen LogP contribution in [-0.2, 0) is 0 Å². The average Bonchev–Trinajstić information content (AvgIpc) is 4.13. The highest BCUT2D eigenvalue weighted by Crippen LogP contribution is 2.43. The van der Waals surface area contributed by atoms with Crippen LogP contribution in [-0.4, -0.2) is 19.9 Å². The van der Waals surface area contributed by atoms with Crippen LogP contribution in [0.15, 0.2) is 146 Å². The molecule has 2 aliphatic heterocycles. The first kappa shape index (κ1) is 38.1. The maximum Gasteiger partial charge on any atom is 0.0906 e. The Hall–Kier alpha value is -7.40. The van der Waals surface area contributed by atoms with Gasteiger partial charge in [0, 0.05) is 57.2 Å². The fourth-order valence-electron chi connectivity index (χ4n) is 8.05. The van der Waals surface area contributed by atoms with Crippen molar-refractivity contribution in [1.82, 2.24) is 19.9 Å². The Labute approximate surface area is 352 Å². The molecule has 9 rings (SSSR count). The van der Waals surface area contributed by atoms with Gasteiger partial charge in [0.25, 0.3) is 0 Å². The molecular weight excluding hydrogens is 729 g/mol. The number of benzene rings is 4. The molecule has 0 spiro atoms. The number of nitrogens with one attached hydrogen (secondary N) is 2. The van der Waals surface area contributed by atoms with E-state index in [1.165, 1.54) is 0 Å². The van der Waals surface area contributed by atoms with Crippen LogP contribution < -0.4 is 0 Å². The zero-order valence-electron chi connectivity index (χ0n) is 34.1. The molecule has 4 heteroatoms. The summed E-state index contributed by atoms with van der Waals surface area (Å²) < 4.78 is 0. The summed E-state index contributed by atoms with van der Waals surface area (Å²) in [5, 5.41) is 0. The highest BCUT2D eigenvalue weighted by molar-refractivity contribution is 6.13. The molecule has 0 aliphatic carbocycles. The van der Waals surface area contributed by atoms with Crippen LogP contribution in [0.5, 0.6) is 0 Å². The van der Waals surface area contributed by atoms with Crippen molar-refractivity contribution < 1.29 is 0 Å². The normalized spacial score (nSPS) is 11.8. The molecule has 0 atom stereocenters. The number of hydrogen-bond donors (Lipinski definition) is 2. The lowest BCUT2D eigenvalue weighted by Gasteiger charge is -2.07. The maximum absolute atomic E-state index is 5.74. The number of aromatic amines is 2. The number of fused-ring (bicyclic) bond motifs is 8. The van der Waals surface area contributed by atoms with Crippen LogP contribution in [0, 0.1) is 23.7 Å². The summed E-state index contributed by atoms with van der Waals surface area (Å²) in [6.45, 7) is 4.42. The smallest absolute Gasteiger partial charge is 0.0906 e. The highest BCUT2D eigenvalue weighted by Gasteiger charge is 2.27. The molecule has 290 valence electrons. The van der Waals surface area contributed by atoms with E-state index in [-0.39, 0.29) is 0 Å². The molecule has 7 aromatic rings. The van der Waals surface area contributed by atoms with Gasteiger partial charge >= 0.3 is 0 Å². The summed E-state index contributed by atoms with van der Waals surface area (Å²) in [4.78, 5) is 19.0. The predicted octanol–water partition coefficient (Wildman–Crippen LogP) is 14.5. The first-order valence-electron chi connectivity index (χ1n) is 21.1. The molecule has 3 aromatic heterocycles. The first-order valence-corrected chi connectivity index (χ1v) is 21.1. The lowest BCUT2D eigenvalue weighted by Crippen LogP contribution is -1.91. The summed E-state index contributed by atoms with van der Waals surface area (Å²) in [6.07, 6.45) is 10.1. The Morgan fingerprint density at radius 3 is 1.08 bits per heavy atom. The molecule has 2 aliphatic rings. The number of aromatic nitrogens is 4. The van der Waals surface area contributed by atoms with Crippen molar-refractivity contribution in [1.29, 1.82) is 0 Å². The molecule has 4 nitrogen and oxygen atoms in total. The molecular formula is C56H46N4. The molecule has 0 saturated heterocycles. The van der Waals surface area contributed by atoms with E-state index in [0.29, 0.717) is 0 Å². The minimum atomic E-state index is 0.795. The Balaban J connectivity index is 1.53. The van der Waals surface area contributed by atoms with E-state index in [2.05, 4.69) is 205 Å². The monoisotopic (exact) mass is 774 g/mol. The van der Waals surface area contributed by atoms with E-state index in [4.69, 9.17) is 9.97 Å². The molecule has 0 amide bonds. The Bertz CT molecular complexity index is 2830. The van der Waals surface area contributed by atoms with E-state index < -0.39 is 0 Å². The molecule has 0 fully saturated rings. The van der Waals surface area contributed by atoms with Gasteiger partial charge in [-0.3, -0.25) is 0 Å². The summed E-state index contributed by atoms with van der Waals surface area (Å²) in [6, 6.07) is 50.9. The van der Waals surface area contributed by atoms with E-state index >= 15 is 0 Å². The molecule has 0 saturated carbocycles. The topological polar surface area (TPSA) is 57.4 Å².